The lowest BCUT2D eigenvalue weighted by Crippen LogP contribution is -2.52. The van der Waals surface area contributed by atoms with Gasteiger partial charge in [-0.15, -0.1) is 0 Å². The second kappa shape index (κ2) is 23.9. The molecule has 0 saturated heterocycles. The van der Waals surface area contributed by atoms with E-state index in [-0.39, 0.29) is 34.4 Å². The first-order chi connectivity index (χ1) is 38.5. The van der Waals surface area contributed by atoms with Crippen molar-refractivity contribution >= 4 is 66.4 Å². The van der Waals surface area contributed by atoms with Gasteiger partial charge in [0.15, 0.2) is 0 Å². The summed E-state index contributed by atoms with van der Waals surface area (Å²) in [6, 6.07) is 23.4. The topological polar surface area (TPSA) is 194 Å². The number of sulfonamides is 2. The number of hydrogen-bond donors (Lipinski definition) is 4. The molecule has 4 aliphatic carbocycles. The fourth-order valence-electron chi connectivity index (χ4n) is 14.2. The van der Waals surface area contributed by atoms with Crippen LogP contribution in [0.15, 0.2) is 72.8 Å². The van der Waals surface area contributed by atoms with Gasteiger partial charge in [-0.2, -0.15) is 0 Å². The normalized spacial score (nSPS) is 30.2. The Hall–Kier alpha value is -4.66. The molecule has 8 aliphatic rings. The molecule has 4 aromatic carbocycles. The highest BCUT2D eigenvalue weighted by Gasteiger charge is 2.47. The maximum Gasteiger partial charge on any atom is 0.264 e. The molecule has 4 bridgehead atoms. The number of fused-ring (bicyclic) bond motifs is 8. The van der Waals surface area contributed by atoms with Crippen molar-refractivity contribution in [2.24, 2.45) is 23.7 Å². The molecule has 16 nitrogen and oxygen atoms in total. The van der Waals surface area contributed by atoms with E-state index in [1.54, 1.807) is 12.1 Å². The Morgan fingerprint density at radius 2 is 1.01 bits per heavy atom. The van der Waals surface area contributed by atoms with E-state index >= 15 is 0 Å². The summed E-state index contributed by atoms with van der Waals surface area (Å²) in [6.07, 6.45) is 11.3. The fraction of sp³-hybridized carbons (Fsp3) is 0.567. The zero-order valence-electron chi connectivity index (χ0n) is 45.9. The molecule has 0 aromatic heterocycles. The zero-order valence-corrected chi connectivity index (χ0v) is 49.1. The third-order valence-corrected chi connectivity index (χ3v) is 21.8. The minimum absolute atomic E-state index is 0.166. The van der Waals surface area contributed by atoms with Crippen LogP contribution in [0.2, 0.25) is 10.0 Å². The van der Waals surface area contributed by atoms with Crippen molar-refractivity contribution in [3.63, 3.8) is 0 Å². The maximum absolute atomic E-state index is 13.1. The molecule has 0 unspecified atom stereocenters. The average Bonchev–Trinajstić information content (AvgIpc) is 3.77. The first-order valence-electron chi connectivity index (χ1n) is 28.7. The third kappa shape index (κ3) is 12.2. The predicted molar refractivity (Wildman–Crippen MR) is 312 cm³/mol. The number of anilines is 2. The number of carbonyl (C=O) groups is 2. The number of rotatable bonds is 2. The van der Waals surface area contributed by atoms with Crippen LogP contribution in [-0.4, -0.2) is 132 Å². The van der Waals surface area contributed by atoms with E-state index in [9.17, 15) is 26.4 Å². The molecule has 2 fully saturated rings. The van der Waals surface area contributed by atoms with Gasteiger partial charge in [-0.25, -0.2) is 26.3 Å². The van der Waals surface area contributed by atoms with Gasteiger partial charge < -0.3 is 39.4 Å². The third-order valence-electron chi connectivity index (χ3n) is 18.7. The van der Waals surface area contributed by atoms with Gasteiger partial charge in [0.25, 0.3) is 11.8 Å². The smallest absolute Gasteiger partial charge is 0.264 e. The van der Waals surface area contributed by atoms with E-state index in [1.807, 2.05) is 50.5 Å². The minimum atomic E-state index is -3.79. The number of likely N-dealkylation sites (N-methyl/N-ethyl adjacent to an activating group) is 2. The number of hydrogen-bond acceptors (Lipinski definition) is 14. The number of aryl methyl sites for hydroxylation is 2. The van der Waals surface area contributed by atoms with Crippen molar-refractivity contribution in [1.82, 2.24) is 20.1 Å². The van der Waals surface area contributed by atoms with Gasteiger partial charge in [-0.3, -0.25) is 9.59 Å². The van der Waals surface area contributed by atoms with E-state index in [2.05, 4.69) is 54.1 Å². The molecule has 80 heavy (non-hydrogen) atoms. The second-order valence-corrected chi connectivity index (χ2v) is 28.3. The molecule has 2 amide bonds. The van der Waals surface area contributed by atoms with Crippen LogP contribution in [0.4, 0.5) is 11.4 Å². The number of benzene rings is 4. The lowest BCUT2D eigenvalue weighted by molar-refractivity contribution is 0.0491. The summed E-state index contributed by atoms with van der Waals surface area (Å²) in [6.45, 7) is 5.96. The van der Waals surface area contributed by atoms with E-state index in [0.717, 1.165) is 123 Å². The lowest BCUT2D eigenvalue weighted by Gasteiger charge is -2.46. The summed E-state index contributed by atoms with van der Waals surface area (Å²) < 4.78 is 80.0. The Morgan fingerprint density at radius 3 is 1.41 bits per heavy atom. The van der Waals surface area contributed by atoms with E-state index in [4.69, 9.17) is 42.1 Å². The molecule has 4 N–H and O–H groups in total. The molecule has 2 saturated carbocycles. The quantitative estimate of drug-likeness (QED) is 0.152. The van der Waals surface area contributed by atoms with E-state index in [1.165, 1.54) is 22.3 Å². The number of carbonyl (C=O) groups excluding carboxylic acids is 2. The van der Waals surface area contributed by atoms with Crippen LogP contribution in [0.25, 0.3) is 0 Å². The molecule has 432 valence electrons. The molecule has 20 heteroatoms. The number of nitrogens with one attached hydrogen (secondary N) is 4. The molecule has 0 radical (unpaired) electrons. The molecular weight excluding hydrogens is 1100 g/mol. The van der Waals surface area contributed by atoms with Gasteiger partial charge in [-0.05, 0) is 198 Å². The van der Waals surface area contributed by atoms with Crippen molar-refractivity contribution in [2.45, 2.75) is 100.0 Å². The van der Waals surface area contributed by atoms with Gasteiger partial charge in [0.05, 0.1) is 49.3 Å². The van der Waals surface area contributed by atoms with Crippen molar-refractivity contribution in [3.05, 3.63) is 116 Å². The van der Waals surface area contributed by atoms with Gasteiger partial charge in [0, 0.05) is 83.5 Å². The standard InChI is InChI=1S/2C30H38ClN3O5S/c2*1-32-26-17-38-12-3-13-40(36,37)33-29(35)21-6-10-28-27(15-21)34(16-22-5-8-24(22)26)18-30(19-39-28)11-2-4-20-14-23(31)7-9-25(20)30/h2*6-7,9-10,14-15,22,24,26,32H,2-5,8,11-13,16-19H2,1H3,(H,33,35)/t22-,24+,26+,30-;22-,24+,26-,30-/m00/s1. The monoisotopic (exact) mass is 1170 g/mol. The van der Waals surface area contributed by atoms with Gasteiger partial charge >= 0.3 is 0 Å². The summed E-state index contributed by atoms with van der Waals surface area (Å²) in [5, 5.41) is 8.41. The lowest BCUT2D eigenvalue weighted by atomic mass is 9.68. The van der Waals surface area contributed by atoms with Crippen LogP contribution < -0.4 is 39.4 Å². The van der Waals surface area contributed by atoms with Gasteiger partial charge in [0.1, 0.15) is 11.5 Å². The van der Waals surface area contributed by atoms with Gasteiger partial charge in [-0.1, -0.05) is 35.3 Å². The average molecular weight is 1180 g/mol. The largest absolute Gasteiger partial charge is 0.490 e. The summed E-state index contributed by atoms with van der Waals surface area (Å²) in [4.78, 5) is 31.0. The summed E-state index contributed by atoms with van der Waals surface area (Å²) in [7, 11) is -3.63. The maximum atomic E-state index is 13.1. The fourth-order valence-corrected chi connectivity index (χ4v) is 16.6. The molecule has 4 aromatic rings. The Bertz CT molecular complexity index is 2980. The summed E-state index contributed by atoms with van der Waals surface area (Å²) in [5.74, 6) is 1.70. The van der Waals surface area contributed by atoms with Crippen molar-refractivity contribution in [2.75, 3.05) is 101 Å². The molecule has 8 atom stereocenters. The second-order valence-electron chi connectivity index (χ2n) is 23.7. The van der Waals surface area contributed by atoms with Crippen LogP contribution in [0.5, 0.6) is 11.5 Å². The number of ether oxygens (including phenoxy) is 4. The highest BCUT2D eigenvalue weighted by molar-refractivity contribution is 7.90. The van der Waals surface area contributed by atoms with Crippen LogP contribution in [0.3, 0.4) is 0 Å². The van der Waals surface area contributed by atoms with Crippen molar-refractivity contribution in [3.8, 4) is 11.5 Å². The van der Waals surface area contributed by atoms with Crippen molar-refractivity contribution in [1.29, 1.82) is 0 Å². The zero-order chi connectivity index (χ0) is 55.8. The minimum Gasteiger partial charge on any atom is -0.490 e. The van der Waals surface area contributed by atoms with Crippen LogP contribution in [-0.2, 0) is 53.2 Å². The molecule has 4 aliphatic heterocycles. The molecule has 4 heterocycles. The van der Waals surface area contributed by atoms with Crippen LogP contribution in [0.1, 0.15) is 107 Å². The Morgan fingerprint density at radius 1 is 0.575 bits per heavy atom. The Kier molecular flexibility index (Phi) is 17.1. The Labute approximate surface area is 481 Å². The SMILES string of the molecule is CN[C@@H]1COCCCS(=O)(=O)NC(=O)c2ccc3c(c2)N(C[C@@H]2CC[C@H]21)C[C@@]1(CCCc2cc(Cl)ccc21)CO3.CN[C@H]1COCCCS(=O)(=O)NC(=O)c2ccc3c(c2)N(C[C@@H]2CC[C@H]21)C[C@@]1(CCCc2cc(Cl)ccc21)CO3. The molecule has 12 rings (SSSR count). The summed E-state index contributed by atoms with van der Waals surface area (Å²) >= 11 is 12.8. The van der Waals surface area contributed by atoms with Crippen LogP contribution in [0, 0.1) is 23.7 Å². The van der Waals surface area contributed by atoms with Crippen LogP contribution >= 0.6 is 23.2 Å². The first-order valence-corrected chi connectivity index (χ1v) is 32.8. The summed E-state index contributed by atoms with van der Waals surface area (Å²) in [5.41, 5.74) is 7.02. The predicted octanol–water partition coefficient (Wildman–Crippen LogP) is 7.81. The number of nitrogens with zero attached hydrogens (tertiary/aromatic N) is 2. The number of halogens is 2. The molecular formula is C60H76Cl2N6O10S2. The highest BCUT2D eigenvalue weighted by atomic mass is 35.5. The van der Waals surface area contributed by atoms with Crippen molar-refractivity contribution < 1.29 is 45.4 Å². The highest BCUT2D eigenvalue weighted by Crippen LogP contribution is 2.49. The van der Waals surface area contributed by atoms with Gasteiger partial charge in [0.2, 0.25) is 20.0 Å². The van der Waals surface area contributed by atoms with E-state index < -0.39 is 31.9 Å². The Balaban J connectivity index is 0.000000169. The number of amides is 2. The first kappa shape index (κ1) is 57.2. The molecule has 2 spiro atoms. The van der Waals surface area contributed by atoms with E-state index in [0.29, 0.717) is 87.3 Å².